The van der Waals surface area contributed by atoms with Crippen LogP contribution in [0, 0.1) is 6.92 Å². The average molecular weight is 343 g/mol. The normalized spacial score (nSPS) is 10.8. The number of nitrogens with zero attached hydrogens (tertiary/aromatic N) is 1. The average Bonchev–Trinajstić information content (AvgIpc) is 2.18. The van der Waals surface area contributed by atoms with Crippen molar-refractivity contribution in [1.29, 1.82) is 0 Å². The van der Waals surface area contributed by atoms with Crippen LogP contribution < -0.4 is 0 Å². The molecule has 0 N–H and O–H groups in total. The second kappa shape index (κ2) is 4.26. The molecule has 16 heavy (non-hydrogen) atoms. The molecule has 0 saturated heterocycles. The van der Waals surface area contributed by atoms with E-state index in [4.69, 9.17) is 0 Å². The van der Waals surface area contributed by atoms with Crippen molar-refractivity contribution in [3.05, 3.63) is 38.4 Å². The number of hydrogen-bond acceptors (Lipinski definition) is 2. The van der Waals surface area contributed by atoms with E-state index in [-0.39, 0.29) is 5.78 Å². The molecular weight excluding hydrogens is 334 g/mol. The largest absolute Gasteiger partial charge is 0.294 e. The van der Waals surface area contributed by atoms with E-state index in [1.807, 2.05) is 25.1 Å². The Morgan fingerprint density at radius 1 is 1.25 bits per heavy atom. The quantitative estimate of drug-likeness (QED) is 0.724. The minimum Gasteiger partial charge on any atom is -0.294 e. The van der Waals surface area contributed by atoms with Crippen molar-refractivity contribution in [3.8, 4) is 0 Å². The van der Waals surface area contributed by atoms with Crippen molar-refractivity contribution in [3.63, 3.8) is 0 Å². The van der Waals surface area contributed by atoms with Crippen molar-refractivity contribution < 1.29 is 4.79 Å². The topological polar surface area (TPSA) is 30.0 Å². The number of fused-ring (bicyclic) bond motifs is 1. The zero-order chi connectivity index (χ0) is 11.9. The number of Topliss-reactive ketones (excluding diaryl/α,β-unsaturated/α-hetero) is 1. The van der Waals surface area contributed by atoms with E-state index in [0.717, 1.165) is 25.5 Å². The first kappa shape index (κ1) is 11.7. The molecule has 0 aliphatic carbocycles. The number of benzene rings is 1. The van der Waals surface area contributed by atoms with Gasteiger partial charge in [-0.3, -0.25) is 9.78 Å². The van der Waals surface area contributed by atoms with Gasteiger partial charge in [-0.05, 0) is 48.0 Å². The van der Waals surface area contributed by atoms with Crippen LogP contribution in [0.25, 0.3) is 10.9 Å². The van der Waals surface area contributed by atoms with Crippen LogP contribution in [-0.4, -0.2) is 10.8 Å². The highest BCUT2D eigenvalue weighted by Gasteiger charge is 2.09. The van der Waals surface area contributed by atoms with Crippen LogP contribution >= 0.6 is 31.9 Å². The van der Waals surface area contributed by atoms with Gasteiger partial charge in [0.1, 0.15) is 0 Å². The molecule has 0 radical (unpaired) electrons. The molecule has 2 nitrogen and oxygen atoms in total. The predicted octanol–water partition coefficient (Wildman–Crippen LogP) is 4.27. The van der Waals surface area contributed by atoms with E-state index in [0.29, 0.717) is 5.56 Å². The Hall–Kier alpha value is -0.740. The van der Waals surface area contributed by atoms with Crippen LogP contribution in [0.1, 0.15) is 23.0 Å². The number of hydrogen-bond donors (Lipinski definition) is 0. The van der Waals surface area contributed by atoms with Crippen molar-refractivity contribution in [2.75, 3.05) is 0 Å². The lowest BCUT2D eigenvalue weighted by Gasteiger charge is -2.06. The van der Waals surface area contributed by atoms with Gasteiger partial charge in [0.15, 0.2) is 5.78 Å². The molecule has 0 atom stereocenters. The number of halogens is 2. The molecular formula is C12H9Br2NO. The Bertz CT molecular complexity index is 593. The lowest BCUT2D eigenvalue weighted by Crippen LogP contribution is -1.99. The van der Waals surface area contributed by atoms with Gasteiger partial charge in [0, 0.05) is 25.6 Å². The van der Waals surface area contributed by atoms with Crippen molar-refractivity contribution in [2.45, 2.75) is 13.8 Å². The number of carbonyl (C=O) groups is 1. The molecule has 0 amide bonds. The first-order chi connectivity index (χ1) is 7.49. The standard InChI is InChI=1S/C12H9Br2NO/c1-6-10(7(2)16)4-8-3-9(13)5-11(14)12(8)15-6/h3-5H,1-2H3. The van der Waals surface area contributed by atoms with E-state index < -0.39 is 0 Å². The fraction of sp³-hybridized carbons (Fsp3) is 0.167. The van der Waals surface area contributed by atoms with Crippen molar-refractivity contribution >= 4 is 48.5 Å². The summed E-state index contributed by atoms with van der Waals surface area (Å²) in [6, 6.07) is 5.79. The van der Waals surface area contributed by atoms with Gasteiger partial charge in [-0.2, -0.15) is 0 Å². The van der Waals surface area contributed by atoms with E-state index in [1.165, 1.54) is 0 Å². The van der Waals surface area contributed by atoms with Gasteiger partial charge in [-0.1, -0.05) is 15.9 Å². The zero-order valence-electron chi connectivity index (χ0n) is 8.84. The SMILES string of the molecule is CC(=O)c1cc2cc(Br)cc(Br)c2nc1C. The van der Waals surface area contributed by atoms with Crippen LogP contribution in [-0.2, 0) is 0 Å². The Morgan fingerprint density at radius 2 is 1.94 bits per heavy atom. The summed E-state index contributed by atoms with van der Waals surface area (Å²) in [5.41, 5.74) is 2.33. The van der Waals surface area contributed by atoms with Crippen LogP contribution in [0.4, 0.5) is 0 Å². The molecule has 82 valence electrons. The summed E-state index contributed by atoms with van der Waals surface area (Å²) in [7, 11) is 0. The Labute approximate surface area is 110 Å². The van der Waals surface area contributed by atoms with Gasteiger partial charge in [0.2, 0.25) is 0 Å². The van der Waals surface area contributed by atoms with Crippen LogP contribution in [0.2, 0.25) is 0 Å². The highest BCUT2D eigenvalue weighted by molar-refractivity contribution is 9.11. The second-order valence-corrected chi connectivity index (χ2v) is 5.41. The molecule has 0 bridgehead atoms. The summed E-state index contributed by atoms with van der Waals surface area (Å²) in [6.07, 6.45) is 0. The fourth-order valence-corrected chi connectivity index (χ4v) is 3.01. The van der Waals surface area contributed by atoms with E-state index in [2.05, 4.69) is 36.8 Å². The molecule has 0 aliphatic rings. The van der Waals surface area contributed by atoms with Crippen LogP contribution in [0.15, 0.2) is 27.1 Å². The minimum atomic E-state index is 0.0444. The van der Waals surface area contributed by atoms with Crippen LogP contribution in [0.3, 0.4) is 0 Å². The number of ketones is 1. The summed E-state index contributed by atoms with van der Waals surface area (Å²) < 4.78 is 1.89. The minimum absolute atomic E-state index is 0.0444. The maximum absolute atomic E-state index is 11.4. The maximum Gasteiger partial charge on any atom is 0.161 e. The molecule has 1 aromatic carbocycles. The third-order valence-electron chi connectivity index (χ3n) is 2.41. The van der Waals surface area contributed by atoms with Crippen molar-refractivity contribution in [2.24, 2.45) is 0 Å². The zero-order valence-corrected chi connectivity index (χ0v) is 12.0. The molecule has 0 saturated carbocycles. The van der Waals surface area contributed by atoms with Gasteiger partial charge in [0.25, 0.3) is 0 Å². The smallest absolute Gasteiger partial charge is 0.161 e. The highest BCUT2D eigenvalue weighted by Crippen LogP contribution is 2.28. The molecule has 4 heteroatoms. The molecule has 0 spiro atoms. The number of aryl methyl sites for hydroxylation is 1. The first-order valence-electron chi connectivity index (χ1n) is 4.76. The fourth-order valence-electron chi connectivity index (χ4n) is 1.66. The van der Waals surface area contributed by atoms with Gasteiger partial charge >= 0.3 is 0 Å². The summed E-state index contributed by atoms with van der Waals surface area (Å²) >= 11 is 6.89. The third kappa shape index (κ3) is 2.04. The van der Waals surface area contributed by atoms with Crippen LogP contribution in [0.5, 0.6) is 0 Å². The van der Waals surface area contributed by atoms with E-state index >= 15 is 0 Å². The summed E-state index contributed by atoms with van der Waals surface area (Å²) in [6.45, 7) is 3.41. The van der Waals surface area contributed by atoms with Gasteiger partial charge < -0.3 is 0 Å². The van der Waals surface area contributed by atoms with Gasteiger partial charge in [-0.25, -0.2) is 0 Å². The summed E-state index contributed by atoms with van der Waals surface area (Å²) in [5, 5.41) is 0.956. The number of aromatic nitrogens is 1. The lowest BCUT2D eigenvalue weighted by molar-refractivity contribution is 0.101. The number of pyridine rings is 1. The molecule has 1 heterocycles. The summed E-state index contributed by atoms with van der Waals surface area (Å²) in [5.74, 6) is 0.0444. The maximum atomic E-state index is 11.4. The first-order valence-corrected chi connectivity index (χ1v) is 6.35. The molecule has 0 aliphatic heterocycles. The van der Waals surface area contributed by atoms with Crippen molar-refractivity contribution in [1.82, 2.24) is 4.98 Å². The van der Waals surface area contributed by atoms with E-state index in [9.17, 15) is 4.79 Å². The number of rotatable bonds is 1. The Kier molecular flexibility index (Phi) is 3.13. The Balaban J connectivity index is 2.84. The monoisotopic (exact) mass is 341 g/mol. The molecule has 0 fully saturated rings. The molecule has 1 aromatic heterocycles. The van der Waals surface area contributed by atoms with E-state index in [1.54, 1.807) is 6.92 Å². The molecule has 0 unspecified atom stereocenters. The molecule has 2 rings (SSSR count). The van der Waals surface area contributed by atoms with Gasteiger partial charge in [-0.15, -0.1) is 0 Å². The second-order valence-electron chi connectivity index (χ2n) is 3.64. The summed E-state index contributed by atoms with van der Waals surface area (Å²) in [4.78, 5) is 15.9. The van der Waals surface area contributed by atoms with Gasteiger partial charge in [0.05, 0.1) is 5.52 Å². The molecule has 2 aromatic rings. The predicted molar refractivity (Wildman–Crippen MR) is 71.9 cm³/mol. The lowest BCUT2D eigenvalue weighted by atomic mass is 10.1. The third-order valence-corrected chi connectivity index (χ3v) is 3.47. The Morgan fingerprint density at radius 3 is 2.56 bits per heavy atom. The highest BCUT2D eigenvalue weighted by atomic mass is 79.9. The number of carbonyl (C=O) groups excluding carboxylic acids is 1.